The van der Waals surface area contributed by atoms with Gasteiger partial charge in [0.2, 0.25) is 0 Å². The zero-order valence-corrected chi connectivity index (χ0v) is 7.98. The summed E-state index contributed by atoms with van der Waals surface area (Å²) in [5, 5.41) is 0. The molecule has 1 aliphatic rings. The highest BCUT2D eigenvalue weighted by atomic mass is 79.9. The third-order valence-corrected chi connectivity index (χ3v) is 1.76. The molecule has 0 aromatic carbocycles. The van der Waals surface area contributed by atoms with E-state index in [-0.39, 0.29) is 11.3 Å². The summed E-state index contributed by atoms with van der Waals surface area (Å²) >= 11 is 3.49. The van der Waals surface area contributed by atoms with Gasteiger partial charge in [0.25, 0.3) is 0 Å². The third-order valence-electron chi connectivity index (χ3n) is 1.39. The van der Waals surface area contributed by atoms with Crippen LogP contribution < -0.4 is 0 Å². The van der Waals surface area contributed by atoms with Gasteiger partial charge in [-0.3, -0.25) is 0 Å². The molecule has 1 aliphatic heterocycles. The number of rotatable bonds is 1. The zero-order valence-electron chi connectivity index (χ0n) is 6.39. The predicted molar refractivity (Wildman–Crippen MR) is 45.3 cm³/mol. The van der Waals surface area contributed by atoms with E-state index in [0.717, 1.165) is 19.6 Å². The molecule has 2 nitrogen and oxygen atoms in total. The average molecular weight is 207 g/mol. The molecule has 0 unspecified atom stereocenters. The van der Waals surface area contributed by atoms with Crippen LogP contribution in [0.1, 0.15) is 20.3 Å². The van der Waals surface area contributed by atoms with Crippen LogP contribution in [0.4, 0.5) is 0 Å². The van der Waals surface area contributed by atoms with Gasteiger partial charge in [-0.05, 0) is 6.42 Å². The lowest BCUT2D eigenvalue weighted by Gasteiger charge is -2.27. The zero-order chi connectivity index (χ0) is 7.61. The van der Waals surface area contributed by atoms with Crippen molar-refractivity contribution in [1.82, 2.24) is 0 Å². The molecule has 0 aromatic heterocycles. The number of hydrogen-bond acceptors (Lipinski definition) is 2. The Bertz CT molecular complexity index is 107. The van der Waals surface area contributed by atoms with E-state index in [9.17, 15) is 0 Å². The van der Waals surface area contributed by atoms with Crippen molar-refractivity contribution in [2.75, 3.05) is 13.2 Å². The van der Waals surface area contributed by atoms with Crippen LogP contribution in [0.2, 0.25) is 0 Å². The fourth-order valence-electron chi connectivity index (χ4n) is 0.884. The van der Waals surface area contributed by atoms with Gasteiger partial charge in [0.05, 0.1) is 4.22 Å². The van der Waals surface area contributed by atoms with E-state index < -0.39 is 0 Å². The first-order valence-corrected chi connectivity index (χ1v) is 4.32. The number of alkyl halides is 1. The number of hydrogen-bond donors (Lipinski definition) is 0. The monoisotopic (exact) mass is 206 g/mol. The quantitative estimate of drug-likeness (QED) is 0.480. The van der Waals surface area contributed by atoms with Gasteiger partial charge in [-0.1, -0.05) is 29.8 Å². The van der Waals surface area contributed by atoms with E-state index in [2.05, 4.69) is 15.9 Å². The van der Waals surface area contributed by atoms with Gasteiger partial charge in [-0.2, -0.15) is 0 Å². The SMILES string of the molecule is CC(C)(Br)B1OCCCO1. The summed E-state index contributed by atoms with van der Waals surface area (Å²) in [7, 11) is -0.0822. The van der Waals surface area contributed by atoms with Crippen LogP contribution in [0, 0.1) is 0 Å². The maximum atomic E-state index is 5.37. The molecule has 0 atom stereocenters. The van der Waals surface area contributed by atoms with Crippen molar-refractivity contribution >= 4 is 23.0 Å². The van der Waals surface area contributed by atoms with Crippen LogP contribution >= 0.6 is 15.9 Å². The van der Waals surface area contributed by atoms with Crippen molar-refractivity contribution < 1.29 is 9.31 Å². The minimum absolute atomic E-state index is 0.0621. The fraction of sp³-hybridized carbons (Fsp3) is 1.00. The number of halogens is 1. The Morgan fingerprint density at radius 2 is 1.80 bits per heavy atom. The van der Waals surface area contributed by atoms with Crippen LogP contribution in [-0.4, -0.2) is 24.6 Å². The van der Waals surface area contributed by atoms with Gasteiger partial charge in [0.15, 0.2) is 0 Å². The van der Waals surface area contributed by atoms with Gasteiger partial charge in [0.1, 0.15) is 0 Å². The van der Waals surface area contributed by atoms with Crippen molar-refractivity contribution in [3.8, 4) is 0 Å². The molecule has 10 heavy (non-hydrogen) atoms. The van der Waals surface area contributed by atoms with E-state index in [1.165, 1.54) is 0 Å². The molecule has 1 rings (SSSR count). The lowest BCUT2D eigenvalue weighted by molar-refractivity contribution is 0.127. The largest absolute Gasteiger partial charge is 0.474 e. The van der Waals surface area contributed by atoms with Crippen molar-refractivity contribution in [3.05, 3.63) is 0 Å². The summed E-state index contributed by atoms with van der Waals surface area (Å²) in [5.74, 6) is 0. The Hall–Kier alpha value is 0.465. The Labute approximate surface area is 70.5 Å². The molecule has 1 fully saturated rings. The highest BCUT2D eigenvalue weighted by Gasteiger charge is 2.37. The summed E-state index contributed by atoms with van der Waals surface area (Å²) in [6.07, 6.45) is 1.01. The lowest BCUT2D eigenvalue weighted by Crippen LogP contribution is -2.44. The van der Waals surface area contributed by atoms with Crippen LogP contribution in [0.5, 0.6) is 0 Å². The molecule has 4 heteroatoms. The minimum atomic E-state index is -0.0822. The second-order valence-electron chi connectivity index (χ2n) is 2.99. The van der Waals surface area contributed by atoms with Gasteiger partial charge in [-0.15, -0.1) is 0 Å². The Morgan fingerprint density at radius 1 is 1.30 bits per heavy atom. The molecule has 0 bridgehead atoms. The van der Waals surface area contributed by atoms with Crippen molar-refractivity contribution in [2.24, 2.45) is 0 Å². The fourth-order valence-corrected chi connectivity index (χ4v) is 1.15. The maximum Gasteiger partial charge on any atom is 0.474 e. The van der Waals surface area contributed by atoms with Gasteiger partial charge in [-0.25, -0.2) is 0 Å². The van der Waals surface area contributed by atoms with Crippen molar-refractivity contribution in [3.63, 3.8) is 0 Å². The summed E-state index contributed by atoms with van der Waals surface area (Å²) in [6, 6.07) is 0. The first-order valence-electron chi connectivity index (χ1n) is 3.53. The van der Waals surface area contributed by atoms with Gasteiger partial charge >= 0.3 is 7.12 Å². The summed E-state index contributed by atoms with van der Waals surface area (Å²) in [6.45, 7) is 5.73. The molecule has 0 N–H and O–H groups in total. The van der Waals surface area contributed by atoms with Crippen molar-refractivity contribution in [2.45, 2.75) is 24.5 Å². The second kappa shape index (κ2) is 3.24. The highest BCUT2D eigenvalue weighted by Crippen LogP contribution is 2.23. The van der Waals surface area contributed by atoms with Gasteiger partial charge < -0.3 is 9.31 Å². The van der Waals surface area contributed by atoms with Crippen LogP contribution in [-0.2, 0) is 9.31 Å². The second-order valence-corrected chi connectivity index (χ2v) is 5.04. The summed E-state index contributed by atoms with van der Waals surface area (Å²) < 4.78 is 10.7. The molecular formula is C6H12BBrO2. The molecule has 0 radical (unpaired) electrons. The minimum Gasteiger partial charge on any atom is -0.410 e. The van der Waals surface area contributed by atoms with Gasteiger partial charge in [0, 0.05) is 13.2 Å². The molecule has 0 amide bonds. The Balaban J connectivity index is 2.39. The van der Waals surface area contributed by atoms with E-state index in [1.54, 1.807) is 0 Å². The molecular weight excluding hydrogens is 195 g/mol. The molecule has 0 spiro atoms. The topological polar surface area (TPSA) is 18.5 Å². The predicted octanol–water partition coefficient (Wildman–Crippen LogP) is 1.62. The normalized spacial score (nSPS) is 21.3. The van der Waals surface area contributed by atoms with Crippen LogP contribution in [0.3, 0.4) is 0 Å². The first kappa shape index (κ1) is 8.56. The molecule has 1 saturated heterocycles. The first-order chi connectivity index (χ1) is 4.61. The third kappa shape index (κ3) is 2.25. The molecule has 0 saturated carbocycles. The smallest absolute Gasteiger partial charge is 0.410 e. The Morgan fingerprint density at radius 3 is 2.10 bits per heavy atom. The Kier molecular flexibility index (Phi) is 2.77. The van der Waals surface area contributed by atoms with Crippen LogP contribution in [0.15, 0.2) is 0 Å². The maximum absolute atomic E-state index is 5.37. The molecule has 1 heterocycles. The molecule has 0 aliphatic carbocycles. The van der Waals surface area contributed by atoms with E-state index in [4.69, 9.17) is 9.31 Å². The molecule has 58 valence electrons. The van der Waals surface area contributed by atoms with E-state index >= 15 is 0 Å². The van der Waals surface area contributed by atoms with E-state index in [0.29, 0.717) is 0 Å². The summed E-state index contributed by atoms with van der Waals surface area (Å²) in [4.78, 5) is 0. The highest BCUT2D eigenvalue weighted by molar-refractivity contribution is 9.10. The lowest BCUT2D eigenvalue weighted by atomic mass is 9.73. The van der Waals surface area contributed by atoms with Crippen molar-refractivity contribution in [1.29, 1.82) is 0 Å². The van der Waals surface area contributed by atoms with Crippen LogP contribution in [0.25, 0.3) is 0 Å². The summed E-state index contributed by atoms with van der Waals surface area (Å²) in [5.41, 5.74) is 0. The van der Waals surface area contributed by atoms with E-state index in [1.807, 2.05) is 13.8 Å². The average Bonchev–Trinajstić information content (AvgIpc) is 1.88. The standard InChI is InChI=1S/C6H12BBrO2/c1-6(2,8)7-9-4-3-5-10-7/h3-5H2,1-2H3. The molecule has 0 aromatic rings.